The minimum Gasteiger partial charge on any atom is -0.425 e. The number of nitro benzene ring substituents is 1. The topological polar surface area (TPSA) is 82.6 Å². The van der Waals surface area contributed by atoms with Crippen LogP contribution in [0.4, 0.5) is 5.69 Å². The Labute approximate surface area is 102 Å². The van der Waals surface area contributed by atoms with Crippen molar-refractivity contribution >= 4 is 12.0 Å². The van der Waals surface area contributed by atoms with E-state index in [4.69, 9.17) is 9.15 Å². The van der Waals surface area contributed by atoms with Gasteiger partial charge in [-0.05, 0) is 24.6 Å². The van der Waals surface area contributed by atoms with Gasteiger partial charge >= 0.3 is 0 Å². The summed E-state index contributed by atoms with van der Waals surface area (Å²) in [6.45, 7) is 1.75. The molecule has 1 aromatic heterocycles. The Morgan fingerprint density at radius 2 is 2.11 bits per heavy atom. The van der Waals surface area contributed by atoms with Crippen LogP contribution in [-0.2, 0) is 0 Å². The third-order valence-corrected chi connectivity index (χ3v) is 2.31. The molecule has 0 saturated carbocycles. The number of carbonyl (C=O) groups is 1. The molecular weight excluding hydrogens is 238 g/mol. The van der Waals surface area contributed by atoms with Gasteiger partial charge in [-0.3, -0.25) is 14.9 Å². The van der Waals surface area contributed by atoms with Crippen LogP contribution in [0.3, 0.4) is 0 Å². The van der Waals surface area contributed by atoms with Crippen LogP contribution < -0.4 is 4.74 Å². The lowest BCUT2D eigenvalue weighted by molar-refractivity contribution is -0.384. The number of aldehydes is 1. The number of non-ortho nitro benzene ring substituents is 1. The van der Waals surface area contributed by atoms with E-state index in [1.165, 1.54) is 24.3 Å². The molecule has 0 saturated heterocycles. The second-order valence-electron chi connectivity index (χ2n) is 3.58. The summed E-state index contributed by atoms with van der Waals surface area (Å²) in [5.41, 5.74) is 0.655. The number of hydrogen-bond acceptors (Lipinski definition) is 5. The highest BCUT2D eigenvalue weighted by Crippen LogP contribution is 2.29. The van der Waals surface area contributed by atoms with Crippen molar-refractivity contribution in [1.29, 1.82) is 0 Å². The van der Waals surface area contributed by atoms with E-state index < -0.39 is 4.92 Å². The zero-order chi connectivity index (χ0) is 13.1. The molecule has 0 radical (unpaired) electrons. The van der Waals surface area contributed by atoms with Crippen LogP contribution in [0.5, 0.6) is 11.7 Å². The highest BCUT2D eigenvalue weighted by molar-refractivity contribution is 5.70. The zero-order valence-corrected chi connectivity index (χ0v) is 9.45. The maximum absolute atomic E-state index is 10.6. The molecule has 0 fully saturated rings. The lowest BCUT2D eigenvalue weighted by Gasteiger charge is -2.05. The highest BCUT2D eigenvalue weighted by atomic mass is 16.6. The van der Waals surface area contributed by atoms with Crippen molar-refractivity contribution in [3.63, 3.8) is 0 Å². The van der Waals surface area contributed by atoms with E-state index in [1.807, 2.05) is 0 Å². The number of aryl methyl sites for hydroxylation is 1. The van der Waals surface area contributed by atoms with Crippen LogP contribution in [0.15, 0.2) is 34.7 Å². The van der Waals surface area contributed by atoms with Crippen molar-refractivity contribution in [3.05, 3.63) is 51.8 Å². The van der Waals surface area contributed by atoms with Gasteiger partial charge in [-0.2, -0.15) is 0 Å². The fourth-order valence-corrected chi connectivity index (χ4v) is 1.37. The fourth-order valence-electron chi connectivity index (χ4n) is 1.37. The number of hydrogen-bond donors (Lipinski definition) is 0. The molecule has 0 atom stereocenters. The maximum atomic E-state index is 10.6. The third kappa shape index (κ3) is 2.37. The van der Waals surface area contributed by atoms with E-state index in [-0.39, 0.29) is 17.4 Å². The number of benzene rings is 1. The summed E-state index contributed by atoms with van der Waals surface area (Å²) in [7, 11) is 0. The summed E-state index contributed by atoms with van der Waals surface area (Å²) in [4.78, 5) is 20.6. The van der Waals surface area contributed by atoms with Crippen molar-refractivity contribution in [1.82, 2.24) is 0 Å². The predicted octanol–water partition coefficient (Wildman–Crippen LogP) is 3.10. The number of rotatable bonds is 4. The zero-order valence-electron chi connectivity index (χ0n) is 9.45. The van der Waals surface area contributed by atoms with Crippen molar-refractivity contribution < 1.29 is 18.9 Å². The Kier molecular flexibility index (Phi) is 3.09. The van der Waals surface area contributed by atoms with Crippen LogP contribution in [0, 0.1) is 17.0 Å². The molecular formula is C12H9NO5. The molecule has 6 heteroatoms. The standard InChI is InChI=1S/C12H9NO5/c1-8-2-3-9(13(15)16)6-11(8)18-12-5-4-10(7-14)17-12/h2-7H,1H3. The van der Waals surface area contributed by atoms with Crippen LogP contribution in [0.2, 0.25) is 0 Å². The van der Waals surface area contributed by atoms with E-state index in [0.717, 1.165) is 5.56 Å². The van der Waals surface area contributed by atoms with Gasteiger partial charge in [0.05, 0.1) is 11.0 Å². The molecule has 0 aliphatic rings. The Morgan fingerprint density at radius 3 is 2.72 bits per heavy atom. The number of furan rings is 1. The second kappa shape index (κ2) is 4.70. The van der Waals surface area contributed by atoms with Gasteiger partial charge in [0.15, 0.2) is 12.0 Å². The molecule has 0 spiro atoms. The third-order valence-electron chi connectivity index (χ3n) is 2.31. The average molecular weight is 247 g/mol. The number of carbonyl (C=O) groups excluding carboxylic acids is 1. The summed E-state index contributed by atoms with van der Waals surface area (Å²) in [6, 6.07) is 7.20. The van der Waals surface area contributed by atoms with E-state index in [9.17, 15) is 14.9 Å². The van der Waals surface area contributed by atoms with Crippen LogP contribution >= 0.6 is 0 Å². The van der Waals surface area contributed by atoms with Gasteiger partial charge in [0.1, 0.15) is 5.75 Å². The van der Waals surface area contributed by atoms with Gasteiger partial charge in [0.2, 0.25) is 0 Å². The van der Waals surface area contributed by atoms with E-state index >= 15 is 0 Å². The molecule has 6 nitrogen and oxygen atoms in total. The van der Waals surface area contributed by atoms with Crippen molar-refractivity contribution in [2.45, 2.75) is 6.92 Å². The average Bonchev–Trinajstić information content (AvgIpc) is 2.79. The molecule has 0 amide bonds. The summed E-state index contributed by atoms with van der Waals surface area (Å²) in [5.74, 6) is 0.560. The summed E-state index contributed by atoms with van der Waals surface area (Å²) >= 11 is 0. The lowest BCUT2D eigenvalue weighted by atomic mass is 10.2. The van der Waals surface area contributed by atoms with E-state index in [1.54, 1.807) is 13.0 Å². The molecule has 1 heterocycles. The first kappa shape index (κ1) is 11.8. The maximum Gasteiger partial charge on any atom is 0.290 e. The van der Waals surface area contributed by atoms with E-state index in [0.29, 0.717) is 12.0 Å². The molecule has 0 bridgehead atoms. The smallest absolute Gasteiger partial charge is 0.290 e. The molecule has 0 aliphatic heterocycles. The quantitative estimate of drug-likeness (QED) is 0.471. The fraction of sp³-hybridized carbons (Fsp3) is 0.0833. The first-order chi connectivity index (χ1) is 8.60. The first-order valence-electron chi connectivity index (χ1n) is 5.08. The molecule has 1 aromatic carbocycles. The van der Waals surface area contributed by atoms with Crippen LogP contribution in [0.25, 0.3) is 0 Å². The Bertz CT molecular complexity index is 602. The van der Waals surface area contributed by atoms with Crippen molar-refractivity contribution in [2.24, 2.45) is 0 Å². The Hall–Kier alpha value is -2.63. The Morgan fingerprint density at radius 1 is 1.33 bits per heavy atom. The van der Waals surface area contributed by atoms with Gasteiger partial charge in [0, 0.05) is 12.1 Å². The molecule has 18 heavy (non-hydrogen) atoms. The highest BCUT2D eigenvalue weighted by Gasteiger charge is 2.11. The number of ether oxygens (including phenoxy) is 1. The summed E-state index contributed by atoms with van der Waals surface area (Å²) in [6.07, 6.45) is 0.549. The van der Waals surface area contributed by atoms with Crippen molar-refractivity contribution in [3.8, 4) is 11.7 Å². The normalized spacial score (nSPS) is 10.1. The van der Waals surface area contributed by atoms with Gasteiger partial charge < -0.3 is 9.15 Å². The predicted molar refractivity (Wildman–Crippen MR) is 62.0 cm³/mol. The largest absolute Gasteiger partial charge is 0.425 e. The Balaban J connectivity index is 2.30. The molecule has 0 unspecified atom stereocenters. The van der Waals surface area contributed by atoms with Gasteiger partial charge in [0.25, 0.3) is 11.6 Å². The minimum absolute atomic E-state index is 0.0715. The van der Waals surface area contributed by atoms with Crippen LogP contribution in [-0.4, -0.2) is 11.2 Å². The lowest BCUT2D eigenvalue weighted by Crippen LogP contribution is -1.91. The number of nitrogens with zero attached hydrogens (tertiary/aromatic N) is 1. The SMILES string of the molecule is Cc1ccc([N+](=O)[O-])cc1Oc1ccc(C=O)o1. The van der Waals surface area contributed by atoms with Crippen LogP contribution in [0.1, 0.15) is 16.1 Å². The van der Waals surface area contributed by atoms with Gasteiger partial charge in [-0.15, -0.1) is 0 Å². The summed E-state index contributed by atoms with van der Waals surface area (Å²) < 4.78 is 10.4. The van der Waals surface area contributed by atoms with Gasteiger partial charge in [-0.25, -0.2) is 0 Å². The molecule has 2 rings (SSSR count). The molecule has 0 aliphatic carbocycles. The summed E-state index contributed by atoms with van der Waals surface area (Å²) in [5, 5.41) is 10.6. The van der Waals surface area contributed by atoms with Gasteiger partial charge in [-0.1, -0.05) is 0 Å². The number of nitro groups is 1. The van der Waals surface area contributed by atoms with Crippen molar-refractivity contribution in [2.75, 3.05) is 0 Å². The second-order valence-corrected chi connectivity index (χ2v) is 3.58. The molecule has 92 valence electrons. The monoisotopic (exact) mass is 247 g/mol. The van der Waals surface area contributed by atoms with E-state index in [2.05, 4.69) is 0 Å². The first-order valence-corrected chi connectivity index (χ1v) is 5.08. The molecule has 0 N–H and O–H groups in total. The minimum atomic E-state index is -0.509. The molecule has 2 aromatic rings.